The summed E-state index contributed by atoms with van der Waals surface area (Å²) in [6.07, 6.45) is 3.27. The van der Waals surface area contributed by atoms with Crippen LogP contribution < -0.4 is 0 Å². The van der Waals surface area contributed by atoms with Crippen LogP contribution in [0.5, 0.6) is 0 Å². The summed E-state index contributed by atoms with van der Waals surface area (Å²) in [5, 5.41) is 4.42. The smallest absolute Gasteiger partial charge is 0.274 e. The minimum Gasteiger partial charge on any atom is -0.330 e. The van der Waals surface area contributed by atoms with Crippen molar-refractivity contribution in [2.24, 2.45) is 0 Å². The van der Waals surface area contributed by atoms with Crippen molar-refractivity contribution >= 4 is 27.4 Å². The van der Waals surface area contributed by atoms with E-state index in [0.717, 1.165) is 27.5 Å². The maximum atomic E-state index is 13.5. The fraction of sp³-hybridized carbons (Fsp3) is 0.263. The Morgan fingerprint density at radius 1 is 1.32 bits per heavy atom. The second-order valence-electron chi connectivity index (χ2n) is 6.26. The highest BCUT2D eigenvalue weighted by atomic mass is 79.9. The van der Waals surface area contributed by atoms with E-state index in [1.165, 1.54) is 6.07 Å². The van der Waals surface area contributed by atoms with Crippen LogP contribution in [-0.2, 0) is 6.42 Å². The van der Waals surface area contributed by atoms with E-state index in [9.17, 15) is 9.18 Å². The molecule has 0 saturated carbocycles. The lowest BCUT2D eigenvalue weighted by Gasteiger charge is -2.36. The number of hydrogen-bond acceptors (Lipinski definition) is 2. The summed E-state index contributed by atoms with van der Waals surface area (Å²) in [6.45, 7) is 2.62. The molecule has 3 aromatic rings. The minimum atomic E-state index is -0.223. The molecule has 0 N–H and O–H groups in total. The number of benzene rings is 1. The third-order valence-corrected chi connectivity index (χ3v) is 5.22. The third kappa shape index (κ3) is 2.84. The van der Waals surface area contributed by atoms with Crippen LogP contribution in [0.2, 0.25) is 0 Å². The van der Waals surface area contributed by atoms with Gasteiger partial charge < -0.3 is 4.90 Å². The van der Waals surface area contributed by atoms with Gasteiger partial charge in [-0.1, -0.05) is 13.0 Å². The zero-order valence-corrected chi connectivity index (χ0v) is 15.3. The largest absolute Gasteiger partial charge is 0.330 e. The first-order chi connectivity index (χ1) is 12.1. The van der Waals surface area contributed by atoms with Gasteiger partial charge in [0.05, 0.1) is 11.6 Å². The average Bonchev–Trinajstić information content (AvgIpc) is 3.03. The molecule has 1 amide bonds. The Bertz CT molecular complexity index is 968. The van der Waals surface area contributed by atoms with Crippen LogP contribution in [0.4, 0.5) is 4.39 Å². The van der Waals surface area contributed by atoms with Crippen molar-refractivity contribution in [3.63, 3.8) is 0 Å². The molecule has 128 valence electrons. The van der Waals surface area contributed by atoms with Crippen molar-refractivity contribution in [1.82, 2.24) is 14.5 Å². The maximum Gasteiger partial charge on any atom is 0.274 e. The molecular weight excluding hydrogens is 385 g/mol. The highest BCUT2D eigenvalue weighted by Gasteiger charge is 2.31. The number of amides is 1. The molecule has 0 saturated heterocycles. The first-order valence-electron chi connectivity index (χ1n) is 8.31. The van der Waals surface area contributed by atoms with Crippen LogP contribution in [0, 0.1) is 5.82 Å². The fourth-order valence-corrected chi connectivity index (χ4v) is 3.90. The topological polar surface area (TPSA) is 37.6 Å². The van der Waals surface area contributed by atoms with Gasteiger partial charge in [0.25, 0.3) is 5.91 Å². The lowest BCUT2D eigenvalue weighted by atomic mass is 9.90. The van der Waals surface area contributed by atoms with E-state index in [4.69, 9.17) is 0 Å². The predicted molar refractivity (Wildman–Crippen MR) is 97.1 cm³/mol. The van der Waals surface area contributed by atoms with E-state index < -0.39 is 0 Å². The van der Waals surface area contributed by atoms with Gasteiger partial charge in [0, 0.05) is 17.2 Å². The van der Waals surface area contributed by atoms with Crippen LogP contribution in [0.1, 0.15) is 41.0 Å². The van der Waals surface area contributed by atoms with E-state index in [1.807, 2.05) is 36.2 Å². The monoisotopic (exact) mass is 401 g/mol. The zero-order valence-electron chi connectivity index (χ0n) is 13.7. The fourth-order valence-electron chi connectivity index (χ4n) is 3.58. The Morgan fingerprint density at radius 2 is 2.16 bits per heavy atom. The van der Waals surface area contributed by atoms with E-state index in [2.05, 4.69) is 21.0 Å². The van der Waals surface area contributed by atoms with Gasteiger partial charge in [-0.25, -0.2) is 8.91 Å². The standard InChI is InChI=1S/C19H17BrFN3O/c1-2-18-16-6-4-14(21)9-12(16)7-8-23(18)19(25)17-10-15-5-3-13(20)11-24(15)22-17/h3-6,9-11,18H,2,7-8H2,1H3. The van der Waals surface area contributed by atoms with Gasteiger partial charge in [0.15, 0.2) is 5.69 Å². The van der Waals surface area contributed by atoms with Gasteiger partial charge in [-0.05, 0) is 70.2 Å². The van der Waals surface area contributed by atoms with Crippen molar-refractivity contribution < 1.29 is 9.18 Å². The molecule has 25 heavy (non-hydrogen) atoms. The predicted octanol–water partition coefficient (Wildman–Crippen LogP) is 4.39. The Labute approximate surface area is 153 Å². The zero-order chi connectivity index (χ0) is 17.6. The lowest BCUT2D eigenvalue weighted by molar-refractivity contribution is 0.0649. The Morgan fingerprint density at radius 3 is 2.96 bits per heavy atom. The van der Waals surface area contributed by atoms with Gasteiger partial charge in [-0.15, -0.1) is 0 Å². The molecule has 0 radical (unpaired) electrons. The molecule has 2 aromatic heterocycles. The molecule has 3 heterocycles. The van der Waals surface area contributed by atoms with Crippen LogP contribution in [0.25, 0.3) is 5.52 Å². The van der Waals surface area contributed by atoms with Crippen molar-refractivity contribution in [3.8, 4) is 0 Å². The number of halogens is 2. The summed E-state index contributed by atoms with van der Waals surface area (Å²) in [6, 6.07) is 10.5. The number of fused-ring (bicyclic) bond motifs is 2. The number of nitrogens with zero attached hydrogens (tertiary/aromatic N) is 3. The summed E-state index contributed by atoms with van der Waals surface area (Å²) in [5.74, 6) is -0.305. The van der Waals surface area contributed by atoms with Crippen molar-refractivity contribution in [2.75, 3.05) is 6.54 Å². The Kier molecular flexibility index (Phi) is 4.07. The summed E-state index contributed by atoms with van der Waals surface area (Å²) in [4.78, 5) is 14.9. The minimum absolute atomic E-state index is 0.0478. The van der Waals surface area contributed by atoms with Crippen molar-refractivity contribution in [3.05, 3.63) is 69.7 Å². The van der Waals surface area contributed by atoms with Crippen molar-refractivity contribution in [1.29, 1.82) is 0 Å². The normalized spacial score (nSPS) is 16.9. The summed E-state index contributed by atoms with van der Waals surface area (Å²) < 4.78 is 16.1. The molecule has 0 spiro atoms. The van der Waals surface area contributed by atoms with E-state index in [0.29, 0.717) is 18.7 Å². The molecule has 6 heteroatoms. The van der Waals surface area contributed by atoms with Gasteiger partial charge in [0.2, 0.25) is 0 Å². The summed E-state index contributed by atoms with van der Waals surface area (Å²) in [7, 11) is 0. The van der Waals surface area contributed by atoms with Crippen molar-refractivity contribution in [2.45, 2.75) is 25.8 Å². The second-order valence-corrected chi connectivity index (χ2v) is 7.18. The van der Waals surface area contributed by atoms with Gasteiger partial charge >= 0.3 is 0 Å². The van der Waals surface area contributed by atoms with E-state index in [1.54, 1.807) is 16.6 Å². The second kappa shape index (κ2) is 6.26. The number of hydrogen-bond donors (Lipinski definition) is 0. The SMILES string of the molecule is CCC1c2ccc(F)cc2CCN1C(=O)c1cc2ccc(Br)cn2n1. The Hall–Kier alpha value is -2.21. The molecule has 1 aromatic carbocycles. The van der Waals surface area contributed by atoms with Gasteiger partial charge in [-0.2, -0.15) is 5.10 Å². The number of aromatic nitrogens is 2. The van der Waals surface area contributed by atoms with Crippen LogP contribution in [-0.4, -0.2) is 27.0 Å². The number of rotatable bonds is 2. The molecule has 4 rings (SSSR count). The molecular formula is C19H17BrFN3O. The quantitative estimate of drug-likeness (QED) is 0.638. The van der Waals surface area contributed by atoms with E-state index >= 15 is 0 Å². The molecule has 1 aliphatic rings. The molecule has 0 aliphatic carbocycles. The molecule has 0 bridgehead atoms. The van der Waals surface area contributed by atoms with Gasteiger partial charge in [0.1, 0.15) is 5.82 Å². The number of pyridine rings is 1. The first-order valence-corrected chi connectivity index (χ1v) is 9.10. The summed E-state index contributed by atoms with van der Waals surface area (Å²) in [5.41, 5.74) is 3.34. The molecule has 1 atom stereocenters. The Balaban J connectivity index is 1.70. The molecule has 4 nitrogen and oxygen atoms in total. The number of carbonyl (C=O) groups excluding carboxylic acids is 1. The highest BCUT2D eigenvalue weighted by molar-refractivity contribution is 9.10. The highest BCUT2D eigenvalue weighted by Crippen LogP contribution is 2.33. The molecule has 1 aliphatic heterocycles. The van der Waals surface area contributed by atoms with Crippen LogP contribution in [0.3, 0.4) is 0 Å². The molecule has 1 unspecified atom stereocenters. The lowest BCUT2D eigenvalue weighted by Crippen LogP contribution is -2.40. The third-order valence-electron chi connectivity index (χ3n) is 4.75. The summed E-state index contributed by atoms with van der Waals surface area (Å²) >= 11 is 3.41. The first kappa shape index (κ1) is 16.3. The average molecular weight is 402 g/mol. The van der Waals surface area contributed by atoms with E-state index in [-0.39, 0.29) is 17.8 Å². The van der Waals surface area contributed by atoms with Crippen LogP contribution in [0.15, 0.2) is 47.1 Å². The van der Waals surface area contributed by atoms with Gasteiger partial charge in [-0.3, -0.25) is 4.79 Å². The molecule has 0 fully saturated rings. The van der Waals surface area contributed by atoms with Crippen LogP contribution >= 0.6 is 15.9 Å². The maximum absolute atomic E-state index is 13.5. The number of carbonyl (C=O) groups is 1.